The molecule has 0 aliphatic carbocycles. The number of carbonyl (C=O) groups is 3. The van der Waals surface area contributed by atoms with Gasteiger partial charge in [-0.15, -0.1) is 0 Å². The van der Waals surface area contributed by atoms with E-state index < -0.39 is 29.1 Å². The molecule has 3 rings (SSSR count). The summed E-state index contributed by atoms with van der Waals surface area (Å²) in [5.74, 6) is -1.38. The van der Waals surface area contributed by atoms with Gasteiger partial charge >= 0.3 is 0 Å². The Morgan fingerprint density at radius 1 is 1.17 bits per heavy atom. The Hall–Kier alpha value is -3.27. The third-order valence-electron chi connectivity index (χ3n) is 6.14. The summed E-state index contributed by atoms with van der Waals surface area (Å²) in [6.07, 6.45) is 0.830. The van der Waals surface area contributed by atoms with Crippen molar-refractivity contribution < 1.29 is 18.8 Å². The molecule has 0 radical (unpaired) electrons. The number of imidazole rings is 1. The van der Waals surface area contributed by atoms with Crippen LogP contribution in [0.4, 0.5) is 4.39 Å². The molecule has 3 amide bonds. The molecule has 0 spiro atoms. The number of carbonyl (C=O) groups excluding carboxylic acids is 3. The van der Waals surface area contributed by atoms with Gasteiger partial charge in [0.15, 0.2) is 5.69 Å². The van der Waals surface area contributed by atoms with Crippen LogP contribution < -0.4 is 10.6 Å². The molecule has 9 nitrogen and oxygen atoms in total. The molecule has 0 bridgehead atoms. The second-order valence-corrected chi connectivity index (χ2v) is 10.3. The molecule has 35 heavy (non-hydrogen) atoms. The van der Waals surface area contributed by atoms with Crippen LogP contribution in [0.15, 0.2) is 18.2 Å². The molecule has 0 saturated carbocycles. The van der Waals surface area contributed by atoms with Crippen molar-refractivity contribution in [3.8, 4) is 11.4 Å². The highest BCUT2D eigenvalue weighted by molar-refractivity contribution is 5.98. The highest BCUT2D eigenvalue weighted by Gasteiger charge is 2.34. The van der Waals surface area contributed by atoms with Crippen LogP contribution in [0, 0.1) is 11.2 Å². The van der Waals surface area contributed by atoms with Gasteiger partial charge in [0.2, 0.25) is 5.91 Å². The summed E-state index contributed by atoms with van der Waals surface area (Å²) in [7, 11) is 6.63. The van der Waals surface area contributed by atoms with E-state index in [2.05, 4.69) is 20.5 Å². The zero-order valence-corrected chi connectivity index (χ0v) is 21.5. The summed E-state index contributed by atoms with van der Waals surface area (Å²) in [4.78, 5) is 46.2. The number of hydrogen-bond acceptors (Lipinski definition) is 5. The fourth-order valence-electron chi connectivity index (χ4n) is 4.21. The van der Waals surface area contributed by atoms with Crippen LogP contribution in [0.3, 0.4) is 0 Å². The van der Waals surface area contributed by atoms with Crippen molar-refractivity contribution in [3.05, 3.63) is 41.0 Å². The highest BCUT2D eigenvalue weighted by atomic mass is 19.1. The monoisotopic (exact) mass is 486 g/mol. The van der Waals surface area contributed by atoms with E-state index in [4.69, 9.17) is 0 Å². The quantitative estimate of drug-likeness (QED) is 0.675. The molecule has 1 atom stereocenters. The van der Waals surface area contributed by atoms with Crippen molar-refractivity contribution in [2.24, 2.45) is 5.41 Å². The average Bonchev–Trinajstić information content (AvgIpc) is 3.01. The molecule has 1 aromatic carbocycles. The third-order valence-corrected chi connectivity index (χ3v) is 6.14. The SMILES string of the molecule is CNC(=O)C(NC(=O)c1nc(-c2ccc(C(=O)N(C)C)c(F)c2)n2c1CN(C)CCC2)C(C)(C)C. The van der Waals surface area contributed by atoms with Gasteiger partial charge < -0.3 is 25.0 Å². The highest BCUT2D eigenvalue weighted by Crippen LogP contribution is 2.28. The Morgan fingerprint density at radius 2 is 1.86 bits per heavy atom. The number of nitrogens with zero attached hydrogens (tertiary/aromatic N) is 4. The van der Waals surface area contributed by atoms with E-state index in [0.29, 0.717) is 30.2 Å². The third kappa shape index (κ3) is 5.53. The van der Waals surface area contributed by atoms with E-state index in [9.17, 15) is 18.8 Å². The number of likely N-dealkylation sites (N-methyl/N-ethyl adjacent to an activating group) is 1. The maximum Gasteiger partial charge on any atom is 0.272 e. The van der Waals surface area contributed by atoms with Gasteiger partial charge in [0, 0.05) is 39.8 Å². The van der Waals surface area contributed by atoms with Crippen LogP contribution in [-0.4, -0.2) is 77.8 Å². The number of aromatic nitrogens is 2. The molecule has 1 aliphatic rings. The van der Waals surface area contributed by atoms with Gasteiger partial charge in [-0.3, -0.25) is 14.4 Å². The van der Waals surface area contributed by atoms with Gasteiger partial charge in [-0.1, -0.05) is 26.8 Å². The van der Waals surface area contributed by atoms with Crippen molar-refractivity contribution >= 4 is 17.7 Å². The predicted molar refractivity (Wildman–Crippen MR) is 131 cm³/mol. The summed E-state index contributed by atoms with van der Waals surface area (Å²) in [5, 5.41) is 5.46. The summed E-state index contributed by atoms with van der Waals surface area (Å²) in [6, 6.07) is 3.61. The number of hydrogen-bond donors (Lipinski definition) is 2. The van der Waals surface area contributed by atoms with E-state index in [-0.39, 0.29) is 17.2 Å². The van der Waals surface area contributed by atoms with E-state index >= 15 is 0 Å². The lowest BCUT2D eigenvalue weighted by molar-refractivity contribution is -0.124. The van der Waals surface area contributed by atoms with Crippen molar-refractivity contribution in [1.82, 2.24) is 30.0 Å². The van der Waals surface area contributed by atoms with Gasteiger partial charge in [0.1, 0.15) is 17.7 Å². The number of nitrogens with one attached hydrogen (secondary N) is 2. The summed E-state index contributed by atoms with van der Waals surface area (Å²) in [5.41, 5.74) is 0.833. The van der Waals surface area contributed by atoms with Crippen LogP contribution in [0.25, 0.3) is 11.4 Å². The number of amides is 3. The Morgan fingerprint density at radius 3 is 2.43 bits per heavy atom. The summed E-state index contributed by atoms with van der Waals surface area (Å²) in [6.45, 7) is 7.54. The smallest absolute Gasteiger partial charge is 0.272 e. The lowest BCUT2D eigenvalue weighted by Gasteiger charge is -2.29. The van der Waals surface area contributed by atoms with Crippen molar-refractivity contribution in [2.75, 3.05) is 34.7 Å². The number of rotatable bonds is 5. The first-order valence-corrected chi connectivity index (χ1v) is 11.7. The van der Waals surface area contributed by atoms with Crippen LogP contribution in [0.2, 0.25) is 0 Å². The molecule has 2 heterocycles. The van der Waals surface area contributed by atoms with Crippen LogP contribution in [0.5, 0.6) is 0 Å². The minimum atomic E-state index is -0.766. The molecule has 1 aromatic heterocycles. The lowest BCUT2D eigenvalue weighted by Crippen LogP contribution is -2.53. The molecule has 1 aliphatic heterocycles. The molecule has 10 heteroatoms. The van der Waals surface area contributed by atoms with Crippen LogP contribution >= 0.6 is 0 Å². The zero-order chi connectivity index (χ0) is 26.1. The molecular formula is C25H35FN6O3. The van der Waals surface area contributed by atoms with Crippen LogP contribution in [-0.2, 0) is 17.9 Å². The molecular weight excluding hydrogens is 451 g/mol. The predicted octanol–water partition coefficient (Wildman–Crippen LogP) is 2.12. The van der Waals surface area contributed by atoms with Gasteiger partial charge in [0.25, 0.3) is 11.8 Å². The largest absolute Gasteiger partial charge is 0.357 e. The standard InChI is InChI=1S/C25H35FN6O3/c1-25(2,3)20(23(34)27-4)29-22(33)19-18-14-31(7)11-8-12-32(18)21(28-19)15-9-10-16(17(26)13-15)24(35)30(5)6/h9-10,13,20H,8,11-12,14H2,1-7H3,(H,27,34)(H,29,33). The van der Waals surface area contributed by atoms with Crippen molar-refractivity contribution in [1.29, 1.82) is 0 Å². The Kier molecular flexibility index (Phi) is 7.64. The molecule has 0 fully saturated rings. The normalized spacial score (nSPS) is 15.1. The zero-order valence-electron chi connectivity index (χ0n) is 21.5. The maximum absolute atomic E-state index is 14.9. The Balaban J connectivity index is 2.08. The average molecular weight is 487 g/mol. The fraction of sp³-hybridized carbons (Fsp3) is 0.520. The second-order valence-electron chi connectivity index (χ2n) is 10.3. The number of fused-ring (bicyclic) bond motifs is 1. The van der Waals surface area contributed by atoms with Gasteiger partial charge in [-0.25, -0.2) is 9.37 Å². The molecule has 0 saturated heterocycles. The topological polar surface area (TPSA) is 99.6 Å². The molecule has 2 N–H and O–H groups in total. The van der Waals surface area contributed by atoms with Crippen LogP contribution in [0.1, 0.15) is 53.7 Å². The first-order valence-electron chi connectivity index (χ1n) is 11.7. The van der Waals surface area contributed by atoms with Gasteiger partial charge in [0.05, 0.1) is 11.3 Å². The maximum atomic E-state index is 14.9. The van der Waals surface area contributed by atoms with E-state index in [1.165, 1.54) is 24.1 Å². The molecule has 2 aromatic rings. The Labute approximate surface area is 205 Å². The first-order chi connectivity index (χ1) is 16.3. The Bertz CT molecular complexity index is 1130. The lowest BCUT2D eigenvalue weighted by atomic mass is 9.86. The summed E-state index contributed by atoms with van der Waals surface area (Å²) < 4.78 is 16.8. The summed E-state index contributed by atoms with van der Waals surface area (Å²) >= 11 is 0. The van der Waals surface area contributed by atoms with Crippen molar-refractivity contribution in [3.63, 3.8) is 0 Å². The molecule has 1 unspecified atom stereocenters. The van der Waals surface area contributed by atoms with Crippen molar-refractivity contribution in [2.45, 2.75) is 46.3 Å². The second kappa shape index (κ2) is 10.2. The first kappa shape index (κ1) is 26.3. The van der Waals surface area contributed by atoms with Gasteiger partial charge in [-0.05, 0) is 37.6 Å². The van der Waals surface area contributed by atoms with E-state index in [0.717, 1.165) is 13.0 Å². The molecule has 190 valence electrons. The fourth-order valence-corrected chi connectivity index (χ4v) is 4.21. The van der Waals surface area contributed by atoms with E-state index in [1.807, 2.05) is 32.4 Å². The minimum Gasteiger partial charge on any atom is -0.357 e. The van der Waals surface area contributed by atoms with Gasteiger partial charge in [-0.2, -0.15) is 0 Å². The minimum absolute atomic E-state index is 0.0299. The number of benzene rings is 1. The number of halogens is 1. The van der Waals surface area contributed by atoms with E-state index in [1.54, 1.807) is 20.2 Å².